The van der Waals surface area contributed by atoms with E-state index in [1.807, 2.05) is 0 Å². The van der Waals surface area contributed by atoms with Crippen LogP contribution in [0.4, 0.5) is 22.0 Å². The molecular weight excluding hydrogens is 307 g/mol. The molecule has 0 aliphatic carbocycles. The molecule has 0 saturated carbocycles. The molecule has 0 bridgehead atoms. The lowest BCUT2D eigenvalue weighted by atomic mass is 10.1. The fourth-order valence-electron chi connectivity index (χ4n) is 1.71. The Morgan fingerprint density at radius 1 is 0.955 bits per heavy atom. The average molecular weight is 316 g/mol. The molecule has 22 heavy (non-hydrogen) atoms. The molecule has 0 aliphatic rings. The van der Waals surface area contributed by atoms with Gasteiger partial charge >= 0.3 is 6.11 Å². The van der Waals surface area contributed by atoms with Crippen LogP contribution in [0, 0.1) is 17.5 Å². The number of hydrogen-bond acceptors (Lipinski definition) is 2. The number of hydrogen-bond donors (Lipinski definition) is 0. The zero-order valence-corrected chi connectivity index (χ0v) is 11.2. The largest absolute Gasteiger partial charge is 0.429 e. The summed E-state index contributed by atoms with van der Waals surface area (Å²) in [6, 6.07) is 5.44. The Kier molecular flexibility index (Phi) is 4.16. The Balaban J connectivity index is 2.31. The monoisotopic (exact) mass is 316 g/mol. The predicted octanol–water partition coefficient (Wildman–Crippen LogP) is 4.43. The van der Waals surface area contributed by atoms with Crippen LogP contribution in [0.5, 0.6) is 5.75 Å². The van der Waals surface area contributed by atoms with Crippen LogP contribution in [0.15, 0.2) is 36.4 Å². The molecule has 2 aromatic carbocycles. The van der Waals surface area contributed by atoms with Crippen molar-refractivity contribution in [1.29, 1.82) is 0 Å². The molecule has 0 radical (unpaired) electrons. The van der Waals surface area contributed by atoms with Gasteiger partial charge in [0.2, 0.25) is 0 Å². The molecule has 0 saturated heterocycles. The van der Waals surface area contributed by atoms with Crippen molar-refractivity contribution >= 4 is 5.78 Å². The number of ether oxygens (including phenoxy) is 1. The van der Waals surface area contributed by atoms with E-state index in [-0.39, 0.29) is 17.1 Å². The standard InChI is InChI=1S/C15H9F5O2/c1-8(21)9-2-4-10(5-3-9)22-15(19,20)11-6-7-12(16)14(18)13(11)17/h2-7H,1H3. The maximum Gasteiger partial charge on any atom is 0.429 e. The molecule has 116 valence electrons. The van der Waals surface area contributed by atoms with Crippen LogP contribution in [0.1, 0.15) is 22.8 Å². The Hall–Kier alpha value is -2.44. The van der Waals surface area contributed by atoms with Gasteiger partial charge < -0.3 is 4.74 Å². The summed E-state index contributed by atoms with van der Waals surface area (Å²) in [5.74, 6) is -6.25. The van der Waals surface area contributed by atoms with Crippen molar-refractivity contribution in [2.45, 2.75) is 13.0 Å². The zero-order chi connectivity index (χ0) is 16.5. The lowest BCUT2D eigenvalue weighted by Gasteiger charge is -2.19. The van der Waals surface area contributed by atoms with Crippen LogP contribution < -0.4 is 4.74 Å². The van der Waals surface area contributed by atoms with Crippen LogP contribution in [-0.4, -0.2) is 5.78 Å². The third-order valence-corrected chi connectivity index (χ3v) is 2.86. The van der Waals surface area contributed by atoms with Crippen LogP contribution in [0.3, 0.4) is 0 Å². The van der Waals surface area contributed by atoms with E-state index < -0.39 is 29.1 Å². The first-order valence-electron chi connectivity index (χ1n) is 6.04. The molecule has 0 unspecified atom stereocenters. The summed E-state index contributed by atoms with van der Waals surface area (Å²) in [5.41, 5.74) is -1.16. The third-order valence-electron chi connectivity index (χ3n) is 2.86. The van der Waals surface area contributed by atoms with Crippen LogP contribution in [-0.2, 0) is 6.11 Å². The van der Waals surface area contributed by atoms with Gasteiger partial charge in [-0.1, -0.05) is 0 Å². The molecule has 0 aliphatic heterocycles. The van der Waals surface area contributed by atoms with Crippen molar-refractivity contribution in [2.24, 2.45) is 0 Å². The number of carbonyl (C=O) groups is 1. The topological polar surface area (TPSA) is 26.3 Å². The molecular formula is C15H9F5O2. The van der Waals surface area contributed by atoms with Gasteiger partial charge in [-0.3, -0.25) is 4.79 Å². The first-order chi connectivity index (χ1) is 10.2. The van der Waals surface area contributed by atoms with Crippen molar-refractivity contribution in [2.75, 3.05) is 0 Å². The summed E-state index contributed by atoms with van der Waals surface area (Å²) in [7, 11) is 0. The minimum absolute atomic E-state index is 0.273. The second kappa shape index (κ2) is 5.75. The second-order valence-electron chi connectivity index (χ2n) is 4.42. The predicted molar refractivity (Wildman–Crippen MR) is 67.3 cm³/mol. The number of carbonyl (C=O) groups excluding carboxylic acids is 1. The zero-order valence-electron chi connectivity index (χ0n) is 11.2. The first-order valence-corrected chi connectivity index (χ1v) is 6.04. The molecule has 7 heteroatoms. The van der Waals surface area contributed by atoms with Gasteiger partial charge in [-0.2, -0.15) is 8.78 Å². The van der Waals surface area contributed by atoms with Crippen molar-refractivity contribution < 1.29 is 31.5 Å². The van der Waals surface area contributed by atoms with Crippen molar-refractivity contribution in [3.8, 4) is 5.75 Å². The highest BCUT2D eigenvalue weighted by Crippen LogP contribution is 2.34. The second-order valence-corrected chi connectivity index (χ2v) is 4.42. The van der Waals surface area contributed by atoms with E-state index >= 15 is 0 Å². The first kappa shape index (κ1) is 15.9. The highest BCUT2D eigenvalue weighted by atomic mass is 19.3. The summed E-state index contributed by atoms with van der Waals surface area (Å²) in [4.78, 5) is 11.1. The number of rotatable bonds is 4. The van der Waals surface area contributed by atoms with Crippen LogP contribution in [0.2, 0.25) is 0 Å². The minimum Gasteiger partial charge on any atom is -0.429 e. The number of halogens is 5. The van der Waals surface area contributed by atoms with Gasteiger partial charge in [0.25, 0.3) is 0 Å². The summed E-state index contributed by atoms with van der Waals surface area (Å²) in [6.07, 6.45) is -4.21. The lowest BCUT2D eigenvalue weighted by Crippen LogP contribution is -2.24. The van der Waals surface area contributed by atoms with E-state index in [1.165, 1.54) is 19.1 Å². The highest BCUT2D eigenvalue weighted by Gasteiger charge is 2.39. The third kappa shape index (κ3) is 3.08. The molecule has 2 rings (SSSR count). The maximum absolute atomic E-state index is 13.9. The maximum atomic E-state index is 13.9. The van der Waals surface area contributed by atoms with E-state index in [1.54, 1.807) is 0 Å². The quantitative estimate of drug-likeness (QED) is 0.474. The van der Waals surface area contributed by atoms with Crippen LogP contribution >= 0.6 is 0 Å². The number of benzene rings is 2. The molecule has 2 nitrogen and oxygen atoms in total. The van der Waals surface area contributed by atoms with Crippen molar-refractivity contribution in [3.63, 3.8) is 0 Å². The van der Waals surface area contributed by atoms with Gasteiger partial charge in [-0.05, 0) is 43.3 Å². The molecule has 0 amide bonds. The summed E-state index contributed by atoms with van der Waals surface area (Å²) >= 11 is 0. The molecule has 0 N–H and O–H groups in total. The fraction of sp³-hybridized carbons (Fsp3) is 0.133. The normalized spacial score (nSPS) is 11.4. The SMILES string of the molecule is CC(=O)c1ccc(OC(F)(F)c2ccc(F)c(F)c2F)cc1. The molecule has 0 atom stereocenters. The summed E-state index contributed by atoms with van der Waals surface area (Å²) in [6.45, 7) is 1.29. The number of Topliss-reactive ketones (excluding diaryl/α,β-unsaturated/α-hetero) is 1. The Morgan fingerprint density at radius 3 is 2.09 bits per heavy atom. The molecule has 0 fully saturated rings. The van der Waals surface area contributed by atoms with Crippen molar-refractivity contribution in [1.82, 2.24) is 0 Å². The van der Waals surface area contributed by atoms with E-state index in [0.29, 0.717) is 12.1 Å². The van der Waals surface area contributed by atoms with Gasteiger partial charge in [0, 0.05) is 5.56 Å². The van der Waals surface area contributed by atoms with Crippen LogP contribution in [0.25, 0.3) is 0 Å². The number of ketones is 1. The Labute approximate surface area is 122 Å². The van der Waals surface area contributed by atoms with Gasteiger partial charge in [0.15, 0.2) is 23.2 Å². The number of alkyl halides is 2. The van der Waals surface area contributed by atoms with Crippen molar-refractivity contribution in [3.05, 3.63) is 65.0 Å². The van der Waals surface area contributed by atoms with Gasteiger partial charge in [0.1, 0.15) is 11.3 Å². The van der Waals surface area contributed by atoms with Gasteiger partial charge in [-0.25, -0.2) is 13.2 Å². The Morgan fingerprint density at radius 2 is 1.55 bits per heavy atom. The van der Waals surface area contributed by atoms with Gasteiger partial charge in [0.05, 0.1) is 0 Å². The highest BCUT2D eigenvalue weighted by molar-refractivity contribution is 5.94. The van der Waals surface area contributed by atoms with Gasteiger partial charge in [-0.15, -0.1) is 0 Å². The van der Waals surface area contributed by atoms with E-state index in [9.17, 15) is 26.7 Å². The van der Waals surface area contributed by atoms with E-state index in [4.69, 9.17) is 0 Å². The molecule has 0 spiro atoms. The van der Waals surface area contributed by atoms with E-state index in [0.717, 1.165) is 12.1 Å². The summed E-state index contributed by atoms with van der Waals surface area (Å²) in [5, 5.41) is 0. The average Bonchev–Trinajstić information content (AvgIpc) is 2.44. The van der Waals surface area contributed by atoms with E-state index in [2.05, 4.69) is 4.74 Å². The smallest absolute Gasteiger partial charge is 0.429 e. The molecule has 0 heterocycles. The summed E-state index contributed by atoms with van der Waals surface area (Å²) < 4.78 is 71.2. The lowest BCUT2D eigenvalue weighted by molar-refractivity contribution is -0.187. The minimum atomic E-state index is -4.21. The molecule has 0 aromatic heterocycles. The molecule has 2 aromatic rings. The fourth-order valence-corrected chi connectivity index (χ4v) is 1.71. The Bertz CT molecular complexity index is 711.